The van der Waals surface area contributed by atoms with E-state index in [4.69, 9.17) is 15.2 Å². The third-order valence-corrected chi connectivity index (χ3v) is 2.58. The summed E-state index contributed by atoms with van der Waals surface area (Å²) < 4.78 is 10.9. The van der Waals surface area contributed by atoms with Gasteiger partial charge in [0.2, 0.25) is 5.91 Å². The molecule has 1 amide bonds. The van der Waals surface area contributed by atoms with E-state index in [0.29, 0.717) is 48.4 Å². The highest BCUT2D eigenvalue weighted by Crippen LogP contribution is 2.35. The number of carbonyl (C=O) groups is 1. The summed E-state index contributed by atoms with van der Waals surface area (Å²) in [6.45, 7) is 8.77. The van der Waals surface area contributed by atoms with E-state index in [2.05, 4.69) is 5.32 Å². The maximum atomic E-state index is 11.9. The average Bonchev–Trinajstić information content (AvgIpc) is 2.34. The number of nitrogens with one attached hydrogen (secondary N) is 1. The van der Waals surface area contributed by atoms with Crippen molar-refractivity contribution < 1.29 is 14.3 Å². The van der Waals surface area contributed by atoms with Crippen molar-refractivity contribution in [2.75, 3.05) is 24.3 Å². The summed E-state index contributed by atoms with van der Waals surface area (Å²) in [6.07, 6.45) is 0.458. The van der Waals surface area contributed by atoms with Gasteiger partial charge < -0.3 is 20.5 Å². The number of hydrogen-bond acceptors (Lipinski definition) is 4. The number of nitrogen functional groups attached to an aromatic ring is 1. The zero-order chi connectivity index (χ0) is 15.1. The fourth-order valence-electron chi connectivity index (χ4n) is 1.80. The molecule has 1 aromatic rings. The van der Waals surface area contributed by atoms with E-state index in [1.165, 1.54) is 0 Å². The molecule has 1 rings (SSSR count). The van der Waals surface area contributed by atoms with E-state index in [-0.39, 0.29) is 5.91 Å². The average molecular weight is 280 g/mol. The third-order valence-electron chi connectivity index (χ3n) is 2.58. The minimum absolute atomic E-state index is 0.0480. The van der Waals surface area contributed by atoms with Gasteiger partial charge in [0.15, 0.2) is 0 Å². The molecular formula is C15H24N2O3. The van der Waals surface area contributed by atoms with Crippen molar-refractivity contribution in [3.63, 3.8) is 0 Å². The molecule has 0 heterocycles. The summed E-state index contributed by atoms with van der Waals surface area (Å²) in [5.41, 5.74) is 6.99. The number of benzene rings is 1. The maximum absolute atomic E-state index is 11.9. The summed E-state index contributed by atoms with van der Waals surface area (Å²) in [4.78, 5) is 11.9. The van der Waals surface area contributed by atoms with E-state index in [0.717, 1.165) is 0 Å². The monoisotopic (exact) mass is 280 g/mol. The first-order valence-corrected chi connectivity index (χ1v) is 6.96. The van der Waals surface area contributed by atoms with Crippen molar-refractivity contribution in [2.45, 2.75) is 34.1 Å². The maximum Gasteiger partial charge on any atom is 0.224 e. The molecule has 0 saturated heterocycles. The van der Waals surface area contributed by atoms with Gasteiger partial charge in [0.25, 0.3) is 0 Å². The summed E-state index contributed by atoms with van der Waals surface area (Å²) in [6, 6.07) is 3.39. The quantitative estimate of drug-likeness (QED) is 0.753. The second kappa shape index (κ2) is 7.62. The fourth-order valence-corrected chi connectivity index (χ4v) is 1.80. The van der Waals surface area contributed by atoms with Crippen LogP contribution in [0.2, 0.25) is 0 Å². The lowest BCUT2D eigenvalue weighted by Crippen LogP contribution is -2.15. The SMILES string of the molecule is CCOc1cc(NC(=O)CC(C)C)c(OCC)cc1N. The van der Waals surface area contributed by atoms with E-state index in [1.807, 2.05) is 27.7 Å². The molecule has 0 aromatic heterocycles. The van der Waals surface area contributed by atoms with Gasteiger partial charge in [-0.2, -0.15) is 0 Å². The van der Waals surface area contributed by atoms with Gasteiger partial charge in [0.05, 0.1) is 24.6 Å². The molecule has 20 heavy (non-hydrogen) atoms. The van der Waals surface area contributed by atoms with Crippen molar-refractivity contribution in [3.8, 4) is 11.5 Å². The Morgan fingerprint density at radius 3 is 2.35 bits per heavy atom. The van der Waals surface area contributed by atoms with Crippen LogP contribution >= 0.6 is 0 Å². The van der Waals surface area contributed by atoms with Crippen LogP contribution in [0.1, 0.15) is 34.1 Å². The van der Waals surface area contributed by atoms with Gasteiger partial charge in [-0.05, 0) is 19.8 Å². The molecule has 5 heteroatoms. The van der Waals surface area contributed by atoms with Gasteiger partial charge in [-0.3, -0.25) is 4.79 Å². The van der Waals surface area contributed by atoms with Crippen molar-refractivity contribution in [1.29, 1.82) is 0 Å². The van der Waals surface area contributed by atoms with Gasteiger partial charge >= 0.3 is 0 Å². The minimum Gasteiger partial charge on any atom is -0.492 e. The van der Waals surface area contributed by atoms with Crippen molar-refractivity contribution in [3.05, 3.63) is 12.1 Å². The molecule has 112 valence electrons. The molecule has 3 N–H and O–H groups in total. The van der Waals surface area contributed by atoms with Crippen molar-refractivity contribution in [2.24, 2.45) is 5.92 Å². The minimum atomic E-state index is -0.0480. The fraction of sp³-hybridized carbons (Fsp3) is 0.533. The van der Waals surface area contributed by atoms with Crippen molar-refractivity contribution in [1.82, 2.24) is 0 Å². The van der Waals surface area contributed by atoms with E-state index in [9.17, 15) is 4.79 Å². The summed E-state index contributed by atoms with van der Waals surface area (Å²) >= 11 is 0. The summed E-state index contributed by atoms with van der Waals surface area (Å²) in [5.74, 6) is 1.36. The van der Waals surface area contributed by atoms with Gasteiger partial charge in [-0.15, -0.1) is 0 Å². The lowest BCUT2D eigenvalue weighted by molar-refractivity contribution is -0.116. The van der Waals surface area contributed by atoms with Crippen LogP contribution in [-0.4, -0.2) is 19.1 Å². The first-order chi connectivity index (χ1) is 9.47. The smallest absolute Gasteiger partial charge is 0.224 e. The number of rotatable bonds is 7. The molecule has 0 aliphatic rings. The highest BCUT2D eigenvalue weighted by molar-refractivity contribution is 5.93. The molecule has 0 bridgehead atoms. The largest absolute Gasteiger partial charge is 0.492 e. The molecule has 0 saturated carbocycles. The predicted molar refractivity (Wildman–Crippen MR) is 81.3 cm³/mol. The molecule has 1 aromatic carbocycles. The number of nitrogens with two attached hydrogens (primary N) is 1. The summed E-state index contributed by atoms with van der Waals surface area (Å²) in [7, 11) is 0. The Morgan fingerprint density at radius 2 is 1.80 bits per heavy atom. The first-order valence-electron chi connectivity index (χ1n) is 6.96. The Morgan fingerprint density at radius 1 is 1.20 bits per heavy atom. The number of ether oxygens (including phenoxy) is 2. The van der Waals surface area contributed by atoms with Gasteiger partial charge in [-0.1, -0.05) is 13.8 Å². The lowest BCUT2D eigenvalue weighted by Gasteiger charge is -2.16. The van der Waals surface area contributed by atoms with Crippen LogP contribution in [0.4, 0.5) is 11.4 Å². The molecule has 0 spiro atoms. The van der Waals surface area contributed by atoms with Crippen LogP contribution in [0.5, 0.6) is 11.5 Å². The van der Waals surface area contributed by atoms with Gasteiger partial charge in [0.1, 0.15) is 11.5 Å². The van der Waals surface area contributed by atoms with Gasteiger partial charge in [0, 0.05) is 18.6 Å². The van der Waals surface area contributed by atoms with Crippen LogP contribution in [0, 0.1) is 5.92 Å². The van der Waals surface area contributed by atoms with Crippen molar-refractivity contribution >= 4 is 17.3 Å². The molecule has 5 nitrogen and oxygen atoms in total. The second-order valence-corrected chi connectivity index (χ2v) is 4.90. The second-order valence-electron chi connectivity index (χ2n) is 4.90. The van der Waals surface area contributed by atoms with Gasteiger partial charge in [-0.25, -0.2) is 0 Å². The molecule has 0 atom stereocenters. The molecule has 0 radical (unpaired) electrons. The molecule has 0 fully saturated rings. The summed E-state index contributed by atoms with van der Waals surface area (Å²) in [5, 5.41) is 2.85. The Hall–Kier alpha value is -1.91. The Balaban J connectivity index is 3.00. The van der Waals surface area contributed by atoms with Crippen LogP contribution < -0.4 is 20.5 Å². The highest BCUT2D eigenvalue weighted by Gasteiger charge is 2.13. The number of carbonyl (C=O) groups excluding carboxylic acids is 1. The molecular weight excluding hydrogens is 256 g/mol. The zero-order valence-electron chi connectivity index (χ0n) is 12.7. The van der Waals surface area contributed by atoms with E-state index < -0.39 is 0 Å². The standard InChI is InChI=1S/C15H24N2O3/c1-5-19-13-9-12(17-15(18)7-10(3)4)14(20-6-2)8-11(13)16/h8-10H,5-7,16H2,1-4H3,(H,17,18). The molecule has 0 aliphatic carbocycles. The number of hydrogen-bond donors (Lipinski definition) is 2. The Labute approximate surface area is 120 Å². The topological polar surface area (TPSA) is 73.6 Å². The lowest BCUT2D eigenvalue weighted by atomic mass is 10.1. The molecule has 0 aliphatic heterocycles. The van der Waals surface area contributed by atoms with E-state index in [1.54, 1.807) is 12.1 Å². The van der Waals surface area contributed by atoms with Crippen LogP contribution in [0.25, 0.3) is 0 Å². The third kappa shape index (κ3) is 4.64. The first kappa shape index (κ1) is 16.1. The predicted octanol–water partition coefficient (Wildman–Crippen LogP) is 3.05. The van der Waals surface area contributed by atoms with Crippen LogP contribution in [-0.2, 0) is 4.79 Å². The normalized spacial score (nSPS) is 10.4. The van der Waals surface area contributed by atoms with Crippen LogP contribution in [0.15, 0.2) is 12.1 Å². The molecule has 0 unspecified atom stereocenters. The number of amides is 1. The Bertz CT molecular complexity index is 459. The highest BCUT2D eigenvalue weighted by atomic mass is 16.5. The Kier molecular flexibility index (Phi) is 6.15. The van der Waals surface area contributed by atoms with E-state index >= 15 is 0 Å². The number of anilines is 2. The van der Waals surface area contributed by atoms with Crippen LogP contribution in [0.3, 0.4) is 0 Å². The zero-order valence-corrected chi connectivity index (χ0v) is 12.7.